The molecule has 2 rings (SSSR count). The Kier molecular flexibility index (Phi) is 4.13. The average Bonchev–Trinajstić information content (AvgIpc) is 2.27. The first-order valence-electron chi connectivity index (χ1n) is 7.20. The van der Waals surface area contributed by atoms with Gasteiger partial charge in [0, 0.05) is 0 Å². The van der Waals surface area contributed by atoms with Crippen molar-refractivity contribution >= 4 is 5.69 Å². The number of alkyl halides is 3. The number of benzene rings is 1. The van der Waals surface area contributed by atoms with Crippen LogP contribution in [0.1, 0.15) is 45.6 Å². The molecule has 0 spiro atoms. The zero-order valence-corrected chi connectivity index (χ0v) is 12.6. The molecule has 1 aromatic carbocycles. The molecule has 2 atom stereocenters. The van der Waals surface area contributed by atoms with Crippen LogP contribution in [-0.2, 0) is 6.18 Å². The summed E-state index contributed by atoms with van der Waals surface area (Å²) in [4.78, 5) is 0. The van der Waals surface area contributed by atoms with E-state index in [-0.39, 0.29) is 17.2 Å². The minimum absolute atomic E-state index is 0.00258. The lowest BCUT2D eigenvalue weighted by Gasteiger charge is -2.39. The molecule has 1 saturated carbocycles. The van der Waals surface area contributed by atoms with Crippen LogP contribution in [0, 0.1) is 11.3 Å². The first kappa shape index (κ1) is 16.0. The van der Waals surface area contributed by atoms with Gasteiger partial charge in [0.05, 0.1) is 17.4 Å². The largest absolute Gasteiger partial charge is 0.488 e. The maximum atomic E-state index is 12.6. The van der Waals surface area contributed by atoms with E-state index in [1.807, 2.05) is 0 Å². The number of rotatable bonds is 2. The van der Waals surface area contributed by atoms with Crippen LogP contribution < -0.4 is 10.5 Å². The van der Waals surface area contributed by atoms with E-state index in [4.69, 9.17) is 10.5 Å². The fourth-order valence-electron chi connectivity index (χ4n) is 3.36. The number of hydrogen-bond donors (Lipinski definition) is 1. The normalized spacial score (nSPS) is 25.6. The van der Waals surface area contributed by atoms with Crippen molar-refractivity contribution in [2.24, 2.45) is 11.3 Å². The van der Waals surface area contributed by atoms with Gasteiger partial charge in [-0.1, -0.05) is 20.8 Å². The topological polar surface area (TPSA) is 35.2 Å². The third-order valence-electron chi connectivity index (χ3n) is 3.98. The maximum absolute atomic E-state index is 12.6. The zero-order chi connectivity index (χ0) is 15.8. The fourth-order valence-corrected chi connectivity index (χ4v) is 3.36. The summed E-state index contributed by atoms with van der Waals surface area (Å²) in [5.41, 5.74) is 5.19. The van der Waals surface area contributed by atoms with E-state index in [1.165, 1.54) is 6.07 Å². The molecule has 2 unspecified atom stereocenters. The summed E-state index contributed by atoms with van der Waals surface area (Å²) in [6, 6.07) is 3.28. The SMILES string of the molecule is CC1CC(Oc2ccc(C(F)(F)F)cc2N)CC(C)(C)C1. The zero-order valence-electron chi connectivity index (χ0n) is 12.6. The van der Waals surface area contributed by atoms with Gasteiger partial charge in [-0.15, -0.1) is 0 Å². The summed E-state index contributed by atoms with van der Waals surface area (Å²) in [5, 5.41) is 0. The summed E-state index contributed by atoms with van der Waals surface area (Å²) < 4.78 is 43.7. The fraction of sp³-hybridized carbons (Fsp3) is 0.625. The van der Waals surface area contributed by atoms with E-state index in [2.05, 4.69) is 20.8 Å². The van der Waals surface area contributed by atoms with Crippen molar-refractivity contribution in [3.8, 4) is 5.75 Å². The third kappa shape index (κ3) is 4.05. The highest BCUT2D eigenvalue weighted by Crippen LogP contribution is 2.41. The van der Waals surface area contributed by atoms with Gasteiger partial charge >= 0.3 is 6.18 Å². The molecule has 0 heterocycles. The van der Waals surface area contributed by atoms with Gasteiger partial charge in [-0.25, -0.2) is 0 Å². The molecule has 118 valence electrons. The van der Waals surface area contributed by atoms with Gasteiger partial charge in [-0.05, 0) is 48.8 Å². The average molecular weight is 301 g/mol. The number of ether oxygens (including phenoxy) is 1. The minimum Gasteiger partial charge on any atom is -0.488 e. The predicted octanol–water partition coefficient (Wildman–Crippen LogP) is 4.88. The highest BCUT2D eigenvalue weighted by Gasteiger charge is 2.34. The van der Waals surface area contributed by atoms with Crippen LogP contribution in [0.5, 0.6) is 5.75 Å². The Bertz CT molecular complexity index is 511. The highest BCUT2D eigenvalue weighted by molar-refractivity contribution is 5.54. The van der Waals surface area contributed by atoms with Crippen molar-refractivity contribution in [1.29, 1.82) is 0 Å². The van der Waals surface area contributed by atoms with Crippen molar-refractivity contribution in [3.63, 3.8) is 0 Å². The molecule has 21 heavy (non-hydrogen) atoms. The van der Waals surface area contributed by atoms with Gasteiger partial charge in [0.2, 0.25) is 0 Å². The van der Waals surface area contributed by atoms with Gasteiger partial charge in [-0.2, -0.15) is 13.2 Å². The second-order valence-electron chi connectivity index (χ2n) is 6.90. The number of hydrogen-bond acceptors (Lipinski definition) is 2. The first-order chi connectivity index (χ1) is 9.57. The molecule has 2 N–H and O–H groups in total. The molecule has 0 bridgehead atoms. The van der Waals surface area contributed by atoms with E-state index in [1.54, 1.807) is 0 Å². The van der Waals surface area contributed by atoms with Crippen molar-refractivity contribution < 1.29 is 17.9 Å². The summed E-state index contributed by atoms with van der Waals surface area (Å²) in [6.45, 7) is 6.55. The van der Waals surface area contributed by atoms with E-state index in [0.29, 0.717) is 11.7 Å². The lowest BCUT2D eigenvalue weighted by atomic mass is 9.71. The predicted molar refractivity (Wildman–Crippen MR) is 77.1 cm³/mol. The molecule has 5 heteroatoms. The van der Waals surface area contributed by atoms with Crippen LogP contribution in [0.4, 0.5) is 18.9 Å². The van der Waals surface area contributed by atoms with Crippen LogP contribution in [0.15, 0.2) is 18.2 Å². The Morgan fingerprint density at radius 3 is 2.43 bits per heavy atom. The van der Waals surface area contributed by atoms with Gasteiger partial charge in [0.1, 0.15) is 5.75 Å². The molecule has 1 fully saturated rings. The van der Waals surface area contributed by atoms with E-state index < -0.39 is 11.7 Å². The van der Waals surface area contributed by atoms with Gasteiger partial charge < -0.3 is 10.5 Å². The standard InChI is InChI=1S/C16H22F3NO/c1-10-6-12(9-15(2,3)8-10)21-14-5-4-11(7-13(14)20)16(17,18)19/h4-5,7,10,12H,6,8-9,20H2,1-3H3. The Morgan fingerprint density at radius 2 is 1.90 bits per heavy atom. The molecular formula is C16H22F3NO. The van der Waals surface area contributed by atoms with E-state index in [0.717, 1.165) is 31.4 Å². The van der Waals surface area contributed by atoms with Gasteiger partial charge in [0.25, 0.3) is 0 Å². The summed E-state index contributed by atoms with van der Waals surface area (Å²) >= 11 is 0. The molecule has 0 saturated heterocycles. The van der Waals surface area contributed by atoms with E-state index in [9.17, 15) is 13.2 Å². The van der Waals surface area contributed by atoms with Crippen molar-refractivity contribution in [2.75, 3.05) is 5.73 Å². The Balaban J connectivity index is 2.13. The van der Waals surface area contributed by atoms with Crippen LogP contribution in [0.3, 0.4) is 0 Å². The lowest BCUT2D eigenvalue weighted by molar-refractivity contribution is -0.137. The van der Waals surface area contributed by atoms with Crippen LogP contribution in [-0.4, -0.2) is 6.10 Å². The molecule has 1 aromatic rings. The van der Waals surface area contributed by atoms with Crippen molar-refractivity contribution in [2.45, 2.75) is 52.3 Å². The Hall–Kier alpha value is -1.39. The quantitative estimate of drug-likeness (QED) is 0.790. The number of nitrogen functional groups attached to an aromatic ring is 1. The molecule has 2 nitrogen and oxygen atoms in total. The third-order valence-corrected chi connectivity index (χ3v) is 3.98. The Morgan fingerprint density at radius 1 is 1.24 bits per heavy atom. The summed E-state index contributed by atoms with van der Waals surface area (Å²) in [5.74, 6) is 0.882. The summed E-state index contributed by atoms with van der Waals surface area (Å²) in [7, 11) is 0. The molecule has 0 radical (unpaired) electrons. The first-order valence-corrected chi connectivity index (χ1v) is 7.20. The lowest BCUT2D eigenvalue weighted by Crippen LogP contribution is -2.34. The van der Waals surface area contributed by atoms with E-state index >= 15 is 0 Å². The monoisotopic (exact) mass is 301 g/mol. The number of halogens is 3. The van der Waals surface area contributed by atoms with Crippen LogP contribution in [0.25, 0.3) is 0 Å². The van der Waals surface area contributed by atoms with Gasteiger partial charge in [-0.3, -0.25) is 0 Å². The van der Waals surface area contributed by atoms with Crippen LogP contribution >= 0.6 is 0 Å². The molecular weight excluding hydrogens is 279 g/mol. The minimum atomic E-state index is -4.38. The summed E-state index contributed by atoms with van der Waals surface area (Å²) in [6.07, 6.45) is -1.45. The molecule has 0 aromatic heterocycles. The van der Waals surface area contributed by atoms with Gasteiger partial charge in [0.15, 0.2) is 0 Å². The van der Waals surface area contributed by atoms with Crippen molar-refractivity contribution in [3.05, 3.63) is 23.8 Å². The highest BCUT2D eigenvalue weighted by atomic mass is 19.4. The molecule has 0 amide bonds. The van der Waals surface area contributed by atoms with Crippen molar-refractivity contribution in [1.82, 2.24) is 0 Å². The maximum Gasteiger partial charge on any atom is 0.416 e. The number of anilines is 1. The molecule has 0 aliphatic heterocycles. The number of nitrogens with two attached hydrogens (primary N) is 1. The molecule has 1 aliphatic rings. The molecule has 1 aliphatic carbocycles. The Labute approximate surface area is 123 Å². The smallest absolute Gasteiger partial charge is 0.416 e. The second kappa shape index (κ2) is 5.43. The second-order valence-corrected chi connectivity index (χ2v) is 6.90. The van der Waals surface area contributed by atoms with Crippen LogP contribution in [0.2, 0.25) is 0 Å².